The molecule has 1 aliphatic rings. The lowest BCUT2D eigenvalue weighted by molar-refractivity contribution is 0.629. The van der Waals surface area contributed by atoms with Gasteiger partial charge in [-0.15, -0.1) is 10.2 Å². The van der Waals surface area contributed by atoms with Crippen LogP contribution in [0.5, 0.6) is 0 Å². The Hall–Kier alpha value is -1.23. The third kappa shape index (κ3) is 1.92. The van der Waals surface area contributed by atoms with E-state index in [-0.39, 0.29) is 0 Å². The zero-order valence-electron chi connectivity index (χ0n) is 7.64. The number of nitrogens with two attached hydrogens (primary N) is 1. The number of hydrogen-bond acceptors (Lipinski definition) is 4. The molecule has 5 nitrogen and oxygen atoms in total. The molecule has 13 heavy (non-hydrogen) atoms. The summed E-state index contributed by atoms with van der Waals surface area (Å²) >= 11 is 0. The molecule has 0 saturated heterocycles. The Morgan fingerprint density at radius 2 is 2.46 bits per heavy atom. The first kappa shape index (κ1) is 8.37. The van der Waals surface area contributed by atoms with Gasteiger partial charge in [0.1, 0.15) is 0 Å². The molecule has 0 bridgehead atoms. The zero-order chi connectivity index (χ0) is 9.26. The quantitative estimate of drug-likeness (QED) is 0.664. The second kappa shape index (κ2) is 3.26. The van der Waals surface area contributed by atoms with Crippen molar-refractivity contribution in [3.8, 4) is 0 Å². The van der Waals surface area contributed by atoms with E-state index >= 15 is 0 Å². The summed E-state index contributed by atoms with van der Waals surface area (Å²) in [5.41, 5.74) is 7.12. The van der Waals surface area contributed by atoms with Crippen molar-refractivity contribution in [3.05, 3.63) is 11.4 Å². The molecule has 0 radical (unpaired) electrons. The molecule has 0 spiro atoms. The number of rotatable bonds is 1. The van der Waals surface area contributed by atoms with Gasteiger partial charge < -0.3 is 5.73 Å². The third-order valence-electron chi connectivity index (χ3n) is 2.22. The minimum absolute atomic E-state index is 0.322. The molecule has 1 unspecified atom stereocenters. The van der Waals surface area contributed by atoms with Crippen molar-refractivity contribution in [2.75, 3.05) is 0 Å². The van der Waals surface area contributed by atoms with E-state index in [2.05, 4.69) is 15.4 Å². The third-order valence-corrected chi connectivity index (χ3v) is 2.22. The fourth-order valence-electron chi connectivity index (χ4n) is 1.58. The molecule has 1 aromatic rings. The molecule has 2 rings (SSSR count). The number of aryl methyl sites for hydroxylation is 1. The summed E-state index contributed by atoms with van der Waals surface area (Å²) in [6.45, 7) is 0. The molecular weight excluding hydrogens is 166 g/mol. The van der Waals surface area contributed by atoms with E-state index in [9.17, 15) is 0 Å². The van der Waals surface area contributed by atoms with Crippen LogP contribution in [0.3, 0.4) is 0 Å². The maximum Gasteiger partial charge on any atom is 0.197 e. The number of aromatic nitrogens is 4. The predicted molar refractivity (Wildman–Crippen MR) is 48.6 cm³/mol. The normalized spacial score (nSPS) is 25.7. The summed E-state index contributed by atoms with van der Waals surface area (Å²) in [5, 5.41) is 11.7. The molecule has 1 aliphatic carbocycles. The Morgan fingerprint density at radius 1 is 1.62 bits per heavy atom. The SMILES string of the molecule is Cn1nnc(/C=C2/CCC(N)C2)n1. The van der Waals surface area contributed by atoms with Crippen LogP contribution in [0.4, 0.5) is 0 Å². The first-order chi connectivity index (χ1) is 6.24. The summed E-state index contributed by atoms with van der Waals surface area (Å²) in [4.78, 5) is 1.46. The van der Waals surface area contributed by atoms with Crippen LogP contribution in [0.1, 0.15) is 25.1 Å². The predicted octanol–water partition coefficient (Wildman–Crippen LogP) is 0.105. The molecule has 1 saturated carbocycles. The Labute approximate surface area is 76.6 Å². The monoisotopic (exact) mass is 179 g/mol. The lowest BCUT2D eigenvalue weighted by Crippen LogP contribution is -2.13. The van der Waals surface area contributed by atoms with Gasteiger partial charge in [-0.05, 0) is 30.6 Å². The maximum absolute atomic E-state index is 5.78. The second-order valence-corrected chi connectivity index (χ2v) is 3.44. The van der Waals surface area contributed by atoms with Crippen LogP contribution >= 0.6 is 0 Å². The van der Waals surface area contributed by atoms with Crippen molar-refractivity contribution in [2.45, 2.75) is 25.3 Å². The first-order valence-corrected chi connectivity index (χ1v) is 4.43. The van der Waals surface area contributed by atoms with Crippen LogP contribution in [0.25, 0.3) is 6.08 Å². The van der Waals surface area contributed by atoms with Gasteiger partial charge in [0.05, 0.1) is 7.05 Å². The molecule has 0 amide bonds. The smallest absolute Gasteiger partial charge is 0.197 e. The van der Waals surface area contributed by atoms with Crippen molar-refractivity contribution in [2.24, 2.45) is 12.8 Å². The topological polar surface area (TPSA) is 69.6 Å². The van der Waals surface area contributed by atoms with Gasteiger partial charge in [0.15, 0.2) is 5.82 Å². The van der Waals surface area contributed by atoms with Crippen molar-refractivity contribution >= 4 is 6.08 Å². The lowest BCUT2D eigenvalue weighted by Gasteiger charge is -1.94. The Balaban J connectivity index is 2.12. The van der Waals surface area contributed by atoms with Gasteiger partial charge >= 0.3 is 0 Å². The fourth-order valence-corrected chi connectivity index (χ4v) is 1.58. The van der Waals surface area contributed by atoms with Gasteiger partial charge in [-0.3, -0.25) is 0 Å². The zero-order valence-corrected chi connectivity index (χ0v) is 7.64. The minimum Gasteiger partial charge on any atom is -0.327 e. The average molecular weight is 179 g/mol. The highest BCUT2D eigenvalue weighted by molar-refractivity contribution is 5.45. The first-order valence-electron chi connectivity index (χ1n) is 4.43. The molecule has 5 heteroatoms. The Kier molecular flexibility index (Phi) is 2.10. The van der Waals surface area contributed by atoms with Crippen molar-refractivity contribution < 1.29 is 0 Å². The highest BCUT2D eigenvalue weighted by atomic mass is 15.6. The van der Waals surface area contributed by atoms with Gasteiger partial charge in [0, 0.05) is 6.04 Å². The summed E-state index contributed by atoms with van der Waals surface area (Å²) in [6, 6.07) is 0.322. The summed E-state index contributed by atoms with van der Waals surface area (Å²) < 4.78 is 0. The molecule has 1 atom stereocenters. The highest BCUT2D eigenvalue weighted by Gasteiger charge is 2.15. The fraction of sp³-hybridized carbons (Fsp3) is 0.625. The van der Waals surface area contributed by atoms with E-state index in [0.29, 0.717) is 11.9 Å². The Bertz CT molecular complexity index is 327. The van der Waals surface area contributed by atoms with Gasteiger partial charge in [0.25, 0.3) is 0 Å². The summed E-state index contributed by atoms with van der Waals surface area (Å²) in [5.74, 6) is 0.687. The lowest BCUT2D eigenvalue weighted by atomic mass is 10.2. The van der Waals surface area contributed by atoms with Crippen LogP contribution in [0, 0.1) is 0 Å². The summed E-state index contributed by atoms with van der Waals surface area (Å²) in [7, 11) is 1.76. The standard InChI is InChI=1S/C8H13N5/c1-13-11-8(10-12-13)5-6-2-3-7(9)4-6/h5,7H,2-4,9H2,1H3/b6-5-. The molecule has 0 aliphatic heterocycles. The molecule has 70 valence electrons. The van der Waals surface area contributed by atoms with Crippen LogP contribution < -0.4 is 5.73 Å². The van der Waals surface area contributed by atoms with E-state index < -0.39 is 0 Å². The van der Waals surface area contributed by atoms with Gasteiger partial charge in [0.2, 0.25) is 0 Å². The number of tetrazole rings is 1. The van der Waals surface area contributed by atoms with Gasteiger partial charge in [-0.2, -0.15) is 4.80 Å². The van der Waals surface area contributed by atoms with Crippen molar-refractivity contribution in [3.63, 3.8) is 0 Å². The van der Waals surface area contributed by atoms with Crippen LogP contribution in [-0.2, 0) is 7.05 Å². The molecule has 0 aromatic carbocycles. The number of nitrogens with zero attached hydrogens (tertiary/aromatic N) is 4. The molecule has 1 fully saturated rings. The second-order valence-electron chi connectivity index (χ2n) is 3.44. The minimum atomic E-state index is 0.322. The average Bonchev–Trinajstić information content (AvgIpc) is 2.62. The van der Waals surface area contributed by atoms with E-state index in [1.54, 1.807) is 7.05 Å². The molecular formula is C8H13N5. The molecule has 1 heterocycles. The number of hydrogen-bond donors (Lipinski definition) is 1. The van der Waals surface area contributed by atoms with E-state index in [1.807, 2.05) is 6.08 Å². The van der Waals surface area contributed by atoms with E-state index in [0.717, 1.165) is 19.3 Å². The largest absolute Gasteiger partial charge is 0.327 e. The van der Waals surface area contributed by atoms with E-state index in [1.165, 1.54) is 10.4 Å². The Morgan fingerprint density at radius 3 is 3.00 bits per heavy atom. The molecule has 2 N–H and O–H groups in total. The summed E-state index contributed by atoms with van der Waals surface area (Å²) in [6.07, 6.45) is 5.10. The van der Waals surface area contributed by atoms with E-state index in [4.69, 9.17) is 5.73 Å². The van der Waals surface area contributed by atoms with Crippen molar-refractivity contribution in [1.82, 2.24) is 20.2 Å². The van der Waals surface area contributed by atoms with Crippen LogP contribution in [-0.4, -0.2) is 26.2 Å². The van der Waals surface area contributed by atoms with Crippen molar-refractivity contribution in [1.29, 1.82) is 0 Å². The van der Waals surface area contributed by atoms with Crippen LogP contribution in [0.15, 0.2) is 5.57 Å². The molecule has 1 aromatic heterocycles. The van der Waals surface area contributed by atoms with Gasteiger partial charge in [-0.1, -0.05) is 5.57 Å². The van der Waals surface area contributed by atoms with Crippen LogP contribution in [0.2, 0.25) is 0 Å². The highest BCUT2D eigenvalue weighted by Crippen LogP contribution is 2.24. The van der Waals surface area contributed by atoms with Gasteiger partial charge in [-0.25, -0.2) is 0 Å². The maximum atomic E-state index is 5.78.